The molecule has 1 heterocycles. The largest absolute Gasteiger partial charge is 0.584 e. The van der Waals surface area contributed by atoms with E-state index in [0.717, 1.165) is 13.1 Å². The Morgan fingerprint density at radius 1 is 0.778 bits per heavy atom. The highest BCUT2D eigenvalue weighted by molar-refractivity contribution is 6.91. The summed E-state index contributed by atoms with van der Waals surface area (Å²) in [7, 11) is -1.73. The molecule has 0 atom stereocenters. The quantitative estimate of drug-likeness (QED) is 0.574. The van der Waals surface area contributed by atoms with Gasteiger partial charge in [0, 0.05) is 5.54 Å². The molecule has 1 aliphatic rings. The second-order valence-corrected chi connectivity index (χ2v) is 12.8. The topological polar surface area (TPSA) is 3.24 Å². The molecule has 0 spiro atoms. The number of benzene rings is 2. The Balaban J connectivity index is 1.78. The maximum Gasteiger partial charge on any atom is 0.0924 e. The monoisotopic (exact) mass is 370 g/mol. The van der Waals surface area contributed by atoms with Gasteiger partial charge in [0.2, 0.25) is 0 Å². The van der Waals surface area contributed by atoms with E-state index < -0.39 is 8.07 Å². The Morgan fingerprint density at radius 2 is 1.26 bits per heavy atom. The molecular weight excluding hydrogens is 341 g/mol. The minimum absolute atomic E-state index is 0.441. The summed E-state index contributed by atoms with van der Waals surface area (Å²) in [6.07, 6.45) is 0. The number of hydrogen-bond acceptors (Lipinski definition) is 1. The Kier molecular flexibility index (Phi) is 4.81. The van der Waals surface area contributed by atoms with E-state index in [0.29, 0.717) is 12.0 Å². The highest BCUT2D eigenvalue weighted by Gasteiger charge is 2.41. The molecule has 0 saturated heterocycles. The van der Waals surface area contributed by atoms with Gasteiger partial charge in [0.1, 0.15) is 0 Å². The van der Waals surface area contributed by atoms with Crippen molar-refractivity contribution in [3.8, 4) is 11.1 Å². The van der Waals surface area contributed by atoms with Crippen LogP contribution in [-0.2, 0) is 0 Å². The standard InChI is InChI=1S/C24H29BNSi/c1-5-26(6-2)25-17-15-19(16-18-25)27(3,4)24-22-13-9-7-11-20(22)21-12-8-10-14-23(21)24/h7-18,24H,5-6H2,1-4H3/q-1. The molecule has 0 bridgehead atoms. The summed E-state index contributed by atoms with van der Waals surface area (Å²) in [5.41, 5.74) is 6.44. The molecule has 138 valence electrons. The molecule has 2 aromatic carbocycles. The SMILES string of the molecule is CCN(CC)[b-]1ccc([Si](C)(C)C2c3ccccc3-c3ccccc32)cc1. The molecule has 0 N–H and O–H groups in total. The third-order valence-corrected chi connectivity index (χ3v) is 10.4. The lowest BCUT2D eigenvalue weighted by atomic mass is 9.77. The molecule has 3 heteroatoms. The van der Waals surface area contributed by atoms with Crippen LogP contribution in [0.3, 0.4) is 0 Å². The summed E-state index contributed by atoms with van der Waals surface area (Å²) in [6, 6.07) is 22.9. The number of hydrogen-bond donors (Lipinski definition) is 0. The van der Waals surface area contributed by atoms with Crippen LogP contribution in [0.15, 0.2) is 72.6 Å². The fourth-order valence-corrected chi connectivity index (χ4v) is 8.39. The molecule has 0 aliphatic heterocycles. The molecule has 4 rings (SSSR count). The van der Waals surface area contributed by atoms with E-state index in [-0.39, 0.29) is 0 Å². The lowest BCUT2D eigenvalue weighted by Crippen LogP contribution is -2.48. The third kappa shape index (κ3) is 2.98. The van der Waals surface area contributed by atoms with Gasteiger partial charge in [0.05, 0.1) is 8.07 Å². The van der Waals surface area contributed by atoms with Crippen molar-refractivity contribution in [2.45, 2.75) is 32.5 Å². The molecule has 1 aliphatic carbocycles. The highest BCUT2D eigenvalue weighted by Crippen LogP contribution is 2.48. The van der Waals surface area contributed by atoms with Gasteiger partial charge >= 0.3 is 0 Å². The third-order valence-electron chi connectivity index (χ3n) is 6.48. The van der Waals surface area contributed by atoms with Crippen LogP contribution in [0.5, 0.6) is 0 Å². The van der Waals surface area contributed by atoms with Gasteiger partial charge in [-0.25, -0.2) is 11.9 Å². The normalized spacial score (nSPS) is 13.3. The summed E-state index contributed by atoms with van der Waals surface area (Å²) >= 11 is 0. The van der Waals surface area contributed by atoms with Crippen molar-refractivity contribution in [2.75, 3.05) is 17.9 Å². The molecule has 0 unspecified atom stereocenters. The van der Waals surface area contributed by atoms with Gasteiger partial charge < -0.3 is 4.81 Å². The molecule has 3 aromatic rings. The summed E-state index contributed by atoms with van der Waals surface area (Å²) < 4.78 is 0. The molecule has 0 saturated carbocycles. The molecule has 27 heavy (non-hydrogen) atoms. The molecule has 0 fully saturated rings. The zero-order chi connectivity index (χ0) is 19.0. The van der Waals surface area contributed by atoms with Crippen LogP contribution in [0.2, 0.25) is 13.1 Å². The van der Waals surface area contributed by atoms with Crippen molar-refractivity contribution in [1.82, 2.24) is 0 Å². The minimum Gasteiger partial charge on any atom is -0.584 e. The molecule has 1 nitrogen and oxygen atoms in total. The first-order valence-electron chi connectivity index (χ1n) is 10.2. The van der Waals surface area contributed by atoms with Gasteiger partial charge in [-0.2, -0.15) is 0 Å². The van der Waals surface area contributed by atoms with Crippen molar-refractivity contribution < 1.29 is 0 Å². The fraction of sp³-hybridized carbons (Fsp3) is 0.292. The van der Waals surface area contributed by atoms with Gasteiger partial charge in [-0.3, -0.25) is 0 Å². The Hall–Kier alpha value is -2.13. The predicted octanol–water partition coefficient (Wildman–Crippen LogP) is 4.96. The lowest BCUT2D eigenvalue weighted by molar-refractivity contribution is 0.919. The molecule has 0 amide bonds. The van der Waals surface area contributed by atoms with Gasteiger partial charge in [0.15, 0.2) is 0 Å². The smallest absolute Gasteiger partial charge is 0.0924 e. The minimum atomic E-state index is -1.73. The lowest BCUT2D eigenvalue weighted by Gasteiger charge is -2.36. The first kappa shape index (κ1) is 18.2. The first-order valence-corrected chi connectivity index (χ1v) is 13.3. The maximum atomic E-state index is 2.54. The van der Waals surface area contributed by atoms with E-state index in [4.69, 9.17) is 0 Å². The van der Waals surface area contributed by atoms with Gasteiger partial charge in [-0.15, -0.1) is 12.1 Å². The van der Waals surface area contributed by atoms with Crippen molar-refractivity contribution in [3.05, 3.63) is 83.7 Å². The van der Waals surface area contributed by atoms with Crippen LogP contribution in [-0.4, -0.2) is 27.6 Å². The molecule has 0 radical (unpaired) electrons. The van der Waals surface area contributed by atoms with Crippen LogP contribution >= 0.6 is 0 Å². The number of fused-ring (bicyclic) bond motifs is 3. The van der Waals surface area contributed by atoms with Crippen molar-refractivity contribution in [1.29, 1.82) is 0 Å². The number of nitrogens with zero attached hydrogens (tertiary/aromatic N) is 1. The van der Waals surface area contributed by atoms with E-state index >= 15 is 0 Å². The Morgan fingerprint density at radius 3 is 1.74 bits per heavy atom. The summed E-state index contributed by atoms with van der Waals surface area (Å²) in [4.78, 5) is 2.50. The average molecular weight is 370 g/mol. The summed E-state index contributed by atoms with van der Waals surface area (Å²) in [5, 5.41) is 1.56. The van der Waals surface area contributed by atoms with Crippen molar-refractivity contribution >= 4 is 19.7 Å². The van der Waals surface area contributed by atoms with Gasteiger partial charge in [-0.1, -0.05) is 80.7 Å². The van der Waals surface area contributed by atoms with E-state index in [2.05, 4.69) is 104 Å². The average Bonchev–Trinajstić information content (AvgIpc) is 3.04. The van der Waals surface area contributed by atoms with Crippen LogP contribution in [0.4, 0.5) is 0 Å². The predicted molar refractivity (Wildman–Crippen MR) is 123 cm³/mol. The van der Waals surface area contributed by atoms with E-state index in [1.165, 1.54) is 22.3 Å². The van der Waals surface area contributed by atoms with Gasteiger partial charge in [-0.05, 0) is 41.8 Å². The fourth-order valence-electron chi connectivity index (χ4n) is 4.94. The van der Waals surface area contributed by atoms with Crippen LogP contribution < -0.4 is 10.00 Å². The first-order chi connectivity index (χ1) is 13.1. The Labute approximate surface area is 165 Å². The van der Waals surface area contributed by atoms with Crippen LogP contribution in [0.25, 0.3) is 11.1 Å². The molecule has 1 aromatic heterocycles. The zero-order valence-electron chi connectivity index (χ0n) is 16.9. The number of rotatable bonds is 5. The van der Waals surface area contributed by atoms with E-state index in [1.54, 1.807) is 5.19 Å². The second-order valence-electron chi connectivity index (χ2n) is 8.21. The van der Waals surface area contributed by atoms with E-state index in [9.17, 15) is 0 Å². The summed E-state index contributed by atoms with van der Waals surface area (Å²) in [5.74, 6) is 4.81. The Bertz CT molecular complexity index is 899. The zero-order valence-corrected chi connectivity index (χ0v) is 17.9. The summed E-state index contributed by atoms with van der Waals surface area (Å²) in [6.45, 7) is 12.2. The maximum absolute atomic E-state index is 2.54. The highest BCUT2D eigenvalue weighted by atomic mass is 28.3. The molecular formula is C24H29BNSi-. The van der Waals surface area contributed by atoms with Crippen molar-refractivity contribution in [2.24, 2.45) is 0 Å². The van der Waals surface area contributed by atoms with Crippen molar-refractivity contribution in [3.63, 3.8) is 0 Å². The van der Waals surface area contributed by atoms with Gasteiger partial charge in [0.25, 0.3) is 0 Å². The van der Waals surface area contributed by atoms with E-state index in [1.807, 2.05) is 0 Å². The van der Waals surface area contributed by atoms with Crippen LogP contribution in [0.1, 0.15) is 30.5 Å². The second kappa shape index (κ2) is 7.12. The van der Waals surface area contributed by atoms with Crippen LogP contribution in [0, 0.1) is 0 Å².